The standard InChI is InChI=1S/C23H29FN6O2/c24-18-8-4-7-17(13-18)23(32)29-10-9-28-11-12-30-20(19(28)15-29)26-27-21(30)22(31)25-14-16-5-2-1-3-6-16/h4,7-8,13,16,19H,1-3,5-6,9-12,14-15H2,(H,25,31)/t19-/m1/s1. The fraction of sp³-hybridized carbons (Fsp3) is 0.565. The molecule has 1 atom stereocenters. The second-order valence-electron chi connectivity index (χ2n) is 9.06. The van der Waals surface area contributed by atoms with Crippen molar-refractivity contribution in [3.8, 4) is 0 Å². The zero-order chi connectivity index (χ0) is 22.1. The summed E-state index contributed by atoms with van der Waals surface area (Å²) in [5, 5.41) is 11.6. The summed E-state index contributed by atoms with van der Waals surface area (Å²) in [7, 11) is 0. The minimum atomic E-state index is -0.421. The van der Waals surface area contributed by atoms with Gasteiger partial charge >= 0.3 is 0 Å². The highest BCUT2D eigenvalue weighted by Crippen LogP contribution is 2.29. The molecule has 32 heavy (non-hydrogen) atoms. The molecule has 1 aliphatic carbocycles. The first-order valence-corrected chi connectivity index (χ1v) is 11.6. The molecule has 1 aromatic heterocycles. The van der Waals surface area contributed by atoms with E-state index >= 15 is 0 Å². The number of amides is 2. The Morgan fingerprint density at radius 1 is 1.06 bits per heavy atom. The van der Waals surface area contributed by atoms with Gasteiger partial charge in [0.05, 0.1) is 6.04 Å². The van der Waals surface area contributed by atoms with Gasteiger partial charge in [0.2, 0.25) is 5.82 Å². The third kappa shape index (κ3) is 4.13. The average molecular weight is 441 g/mol. The Labute approximate surface area is 186 Å². The summed E-state index contributed by atoms with van der Waals surface area (Å²) in [6.07, 6.45) is 6.11. The maximum absolute atomic E-state index is 13.6. The third-order valence-corrected chi connectivity index (χ3v) is 7.02. The van der Waals surface area contributed by atoms with Crippen LogP contribution in [0.15, 0.2) is 24.3 Å². The van der Waals surface area contributed by atoms with E-state index in [4.69, 9.17) is 0 Å². The van der Waals surface area contributed by atoms with Gasteiger partial charge in [-0.2, -0.15) is 0 Å². The molecule has 1 N–H and O–H groups in total. The topological polar surface area (TPSA) is 83.4 Å². The Morgan fingerprint density at radius 2 is 1.88 bits per heavy atom. The molecule has 9 heteroatoms. The van der Waals surface area contributed by atoms with E-state index in [1.807, 2.05) is 4.57 Å². The van der Waals surface area contributed by atoms with Gasteiger partial charge in [0.1, 0.15) is 5.82 Å². The zero-order valence-electron chi connectivity index (χ0n) is 18.2. The number of benzene rings is 1. The van der Waals surface area contributed by atoms with Crippen LogP contribution in [0, 0.1) is 11.7 Å². The van der Waals surface area contributed by atoms with Gasteiger partial charge in [-0.05, 0) is 37.0 Å². The summed E-state index contributed by atoms with van der Waals surface area (Å²) in [6.45, 7) is 3.85. The van der Waals surface area contributed by atoms with E-state index in [0.29, 0.717) is 50.0 Å². The molecule has 1 aromatic carbocycles. The minimum Gasteiger partial charge on any atom is -0.349 e. The Morgan fingerprint density at radius 3 is 2.69 bits per heavy atom. The number of rotatable bonds is 4. The van der Waals surface area contributed by atoms with Gasteiger partial charge in [0.25, 0.3) is 11.8 Å². The van der Waals surface area contributed by atoms with E-state index in [1.165, 1.54) is 44.2 Å². The normalized spacial score (nSPS) is 21.7. The summed E-state index contributed by atoms with van der Waals surface area (Å²) in [5.74, 6) is 0.834. The number of piperazine rings is 1. The van der Waals surface area contributed by atoms with Crippen LogP contribution in [0.1, 0.15) is 64.9 Å². The number of hydrogen-bond donors (Lipinski definition) is 1. The van der Waals surface area contributed by atoms with Crippen LogP contribution in [0.3, 0.4) is 0 Å². The zero-order valence-corrected chi connectivity index (χ0v) is 18.2. The monoisotopic (exact) mass is 440 g/mol. The summed E-state index contributed by atoms with van der Waals surface area (Å²) in [6, 6.07) is 5.67. The second kappa shape index (κ2) is 8.97. The van der Waals surface area contributed by atoms with E-state index < -0.39 is 5.82 Å². The fourth-order valence-corrected chi connectivity index (χ4v) is 5.21. The predicted molar refractivity (Wildman–Crippen MR) is 116 cm³/mol. The van der Waals surface area contributed by atoms with Crippen molar-refractivity contribution in [2.24, 2.45) is 5.92 Å². The largest absolute Gasteiger partial charge is 0.349 e. The summed E-state index contributed by atoms with van der Waals surface area (Å²) < 4.78 is 15.5. The van der Waals surface area contributed by atoms with Crippen LogP contribution in [0.2, 0.25) is 0 Å². The number of fused-ring (bicyclic) bond motifs is 3. The first-order valence-electron chi connectivity index (χ1n) is 11.6. The van der Waals surface area contributed by atoms with Gasteiger partial charge in [0.15, 0.2) is 5.82 Å². The van der Waals surface area contributed by atoms with Crippen LogP contribution in [-0.2, 0) is 6.54 Å². The van der Waals surface area contributed by atoms with Gasteiger partial charge in [-0.1, -0.05) is 25.3 Å². The molecule has 0 radical (unpaired) electrons. The Balaban J connectivity index is 1.28. The maximum Gasteiger partial charge on any atom is 0.289 e. The lowest BCUT2D eigenvalue weighted by atomic mass is 9.89. The van der Waals surface area contributed by atoms with Crippen molar-refractivity contribution in [2.45, 2.75) is 44.7 Å². The molecular formula is C23H29FN6O2. The van der Waals surface area contributed by atoms with E-state index in [9.17, 15) is 14.0 Å². The van der Waals surface area contributed by atoms with Crippen molar-refractivity contribution in [3.63, 3.8) is 0 Å². The van der Waals surface area contributed by atoms with Crippen molar-refractivity contribution in [2.75, 3.05) is 32.7 Å². The Hall–Kier alpha value is -2.81. The molecule has 2 aromatic rings. The van der Waals surface area contributed by atoms with Crippen LogP contribution in [-0.4, -0.2) is 69.1 Å². The number of aromatic nitrogens is 3. The lowest BCUT2D eigenvalue weighted by Crippen LogP contribution is -2.53. The molecule has 170 valence electrons. The van der Waals surface area contributed by atoms with Crippen LogP contribution < -0.4 is 5.32 Å². The number of hydrogen-bond acceptors (Lipinski definition) is 5. The van der Waals surface area contributed by atoms with Crippen molar-refractivity contribution >= 4 is 11.8 Å². The number of nitrogens with zero attached hydrogens (tertiary/aromatic N) is 5. The van der Waals surface area contributed by atoms with Gasteiger partial charge in [-0.3, -0.25) is 14.5 Å². The van der Waals surface area contributed by atoms with Gasteiger partial charge in [-0.25, -0.2) is 4.39 Å². The molecule has 0 bridgehead atoms. The highest BCUT2D eigenvalue weighted by molar-refractivity contribution is 5.94. The molecule has 2 fully saturated rings. The van der Waals surface area contributed by atoms with E-state index in [1.54, 1.807) is 17.0 Å². The average Bonchev–Trinajstić information content (AvgIpc) is 3.27. The van der Waals surface area contributed by atoms with Gasteiger partial charge in [-0.15, -0.1) is 10.2 Å². The summed E-state index contributed by atoms with van der Waals surface area (Å²) >= 11 is 0. The van der Waals surface area contributed by atoms with Crippen molar-refractivity contribution in [1.29, 1.82) is 0 Å². The van der Waals surface area contributed by atoms with Gasteiger partial charge < -0.3 is 14.8 Å². The second-order valence-corrected chi connectivity index (χ2v) is 9.06. The SMILES string of the molecule is O=C(NCC1CCCCC1)c1nnc2n1CCN1CCN(C(=O)c3cccc(F)c3)C[C@H]21. The van der Waals surface area contributed by atoms with Crippen molar-refractivity contribution < 1.29 is 14.0 Å². The lowest BCUT2D eigenvalue weighted by Gasteiger charge is -2.43. The fourth-order valence-electron chi connectivity index (χ4n) is 5.21. The molecule has 0 unspecified atom stereocenters. The minimum absolute atomic E-state index is 0.123. The first kappa shape index (κ1) is 21.1. The molecule has 5 rings (SSSR count). The maximum atomic E-state index is 13.6. The molecule has 1 saturated carbocycles. The molecule has 3 heterocycles. The van der Waals surface area contributed by atoms with Crippen LogP contribution in [0.5, 0.6) is 0 Å². The van der Waals surface area contributed by atoms with Crippen molar-refractivity contribution in [1.82, 2.24) is 29.9 Å². The van der Waals surface area contributed by atoms with Crippen LogP contribution in [0.4, 0.5) is 4.39 Å². The van der Waals surface area contributed by atoms with E-state index in [-0.39, 0.29) is 17.9 Å². The quantitative estimate of drug-likeness (QED) is 0.789. The molecule has 0 spiro atoms. The van der Waals surface area contributed by atoms with Crippen LogP contribution >= 0.6 is 0 Å². The van der Waals surface area contributed by atoms with E-state index in [0.717, 1.165) is 12.4 Å². The Kier molecular flexibility index (Phi) is 5.91. The molecule has 8 nitrogen and oxygen atoms in total. The number of carbonyl (C=O) groups is 2. The van der Waals surface area contributed by atoms with E-state index in [2.05, 4.69) is 20.4 Å². The summed E-state index contributed by atoms with van der Waals surface area (Å²) in [5.41, 5.74) is 0.346. The number of halogens is 1. The molecule has 2 aliphatic heterocycles. The third-order valence-electron chi connectivity index (χ3n) is 7.02. The molecule has 1 saturated heterocycles. The number of carbonyl (C=O) groups excluding carboxylic acids is 2. The highest BCUT2D eigenvalue weighted by Gasteiger charge is 2.38. The molecule has 3 aliphatic rings. The van der Waals surface area contributed by atoms with Crippen molar-refractivity contribution in [3.05, 3.63) is 47.3 Å². The highest BCUT2D eigenvalue weighted by atomic mass is 19.1. The molecular weight excluding hydrogens is 411 g/mol. The number of nitrogens with one attached hydrogen (secondary N) is 1. The first-order chi connectivity index (χ1) is 15.6. The predicted octanol–water partition coefficient (Wildman–Crippen LogP) is 2.24. The van der Waals surface area contributed by atoms with Crippen LogP contribution in [0.25, 0.3) is 0 Å². The molecule has 2 amide bonds. The smallest absolute Gasteiger partial charge is 0.289 e. The van der Waals surface area contributed by atoms with Gasteiger partial charge in [0, 0.05) is 44.8 Å². The lowest BCUT2D eigenvalue weighted by molar-refractivity contribution is 0.0372. The Bertz CT molecular complexity index is 1000. The summed E-state index contributed by atoms with van der Waals surface area (Å²) in [4.78, 5) is 29.8.